The molecule has 0 atom stereocenters. The third kappa shape index (κ3) is 2.29. The van der Waals surface area contributed by atoms with Gasteiger partial charge in [-0.1, -0.05) is 6.07 Å². The maximum absolute atomic E-state index is 13.2. The fraction of sp³-hybridized carbons (Fsp3) is 0.182. The second-order valence-corrected chi connectivity index (χ2v) is 3.74. The topological polar surface area (TPSA) is 85.8 Å². The number of halogens is 1. The molecule has 0 bridgehead atoms. The van der Waals surface area contributed by atoms with Crippen molar-refractivity contribution in [3.63, 3.8) is 0 Å². The second kappa shape index (κ2) is 4.82. The van der Waals surface area contributed by atoms with Crippen LogP contribution in [0.4, 0.5) is 10.1 Å². The summed E-state index contributed by atoms with van der Waals surface area (Å²) in [6.07, 6.45) is 1.53. The fourth-order valence-electron chi connectivity index (χ4n) is 1.46. The van der Waals surface area contributed by atoms with E-state index in [9.17, 15) is 9.18 Å². The summed E-state index contributed by atoms with van der Waals surface area (Å²) < 4.78 is 14.9. The molecule has 0 aliphatic heterocycles. The monoisotopic (exact) mass is 249 g/mol. The van der Waals surface area contributed by atoms with Crippen LogP contribution in [0.2, 0.25) is 0 Å². The van der Waals surface area contributed by atoms with Crippen LogP contribution >= 0.6 is 0 Å². The van der Waals surface area contributed by atoms with E-state index in [-0.39, 0.29) is 17.8 Å². The highest BCUT2D eigenvalue weighted by Crippen LogP contribution is 2.15. The predicted molar refractivity (Wildman–Crippen MR) is 63.0 cm³/mol. The Hall–Kier alpha value is -2.44. The molecule has 0 aliphatic rings. The van der Waals surface area contributed by atoms with Gasteiger partial charge in [0.05, 0.1) is 17.8 Å². The summed E-state index contributed by atoms with van der Waals surface area (Å²) in [6.45, 7) is 0.200. The van der Waals surface area contributed by atoms with E-state index >= 15 is 0 Å². The number of hydrogen-bond donors (Lipinski definition) is 2. The maximum atomic E-state index is 13.2. The third-order valence-corrected chi connectivity index (χ3v) is 2.51. The van der Waals surface area contributed by atoms with Gasteiger partial charge in [0.2, 0.25) is 0 Å². The van der Waals surface area contributed by atoms with Gasteiger partial charge in [-0.2, -0.15) is 0 Å². The Bertz CT molecular complexity index is 581. The molecule has 18 heavy (non-hydrogen) atoms. The zero-order chi connectivity index (χ0) is 13.1. The fourth-order valence-corrected chi connectivity index (χ4v) is 1.46. The molecule has 0 fully saturated rings. The molecule has 0 aliphatic carbocycles. The van der Waals surface area contributed by atoms with Crippen molar-refractivity contribution in [3.05, 3.63) is 41.7 Å². The summed E-state index contributed by atoms with van der Waals surface area (Å²) in [4.78, 5) is 11.8. The van der Waals surface area contributed by atoms with E-state index in [1.807, 2.05) is 0 Å². The molecule has 0 saturated heterocycles. The Balaban J connectivity index is 2.09. The van der Waals surface area contributed by atoms with Crippen molar-refractivity contribution in [1.82, 2.24) is 20.1 Å². The molecular weight excluding hydrogens is 237 g/mol. The SMILES string of the molecule is Cn1cnnc1CNC(=O)c1cccc(F)c1N. The van der Waals surface area contributed by atoms with E-state index in [0.29, 0.717) is 5.82 Å². The normalized spacial score (nSPS) is 10.3. The Morgan fingerprint density at radius 1 is 1.56 bits per heavy atom. The van der Waals surface area contributed by atoms with E-state index < -0.39 is 11.7 Å². The summed E-state index contributed by atoms with van der Waals surface area (Å²) in [5, 5.41) is 10.1. The first-order chi connectivity index (χ1) is 8.59. The molecule has 6 nitrogen and oxygen atoms in total. The van der Waals surface area contributed by atoms with Crippen molar-refractivity contribution < 1.29 is 9.18 Å². The van der Waals surface area contributed by atoms with Gasteiger partial charge >= 0.3 is 0 Å². The van der Waals surface area contributed by atoms with Gasteiger partial charge in [0, 0.05) is 7.05 Å². The van der Waals surface area contributed by atoms with Crippen molar-refractivity contribution >= 4 is 11.6 Å². The van der Waals surface area contributed by atoms with Crippen molar-refractivity contribution in [2.24, 2.45) is 7.05 Å². The van der Waals surface area contributed by atoms with Crippen LogP contribution in [-0.4, -0.2) is 20.7 Å². The number of para-hydroxylation sites is 1. The van der Waals surface area contributed by atoms with Gasteiger partial charge in [0.15, 0.2) is 5.82 Å². The number of anilines is 1. The number of hydrogen-bond acceptors (Lipinski definition) is 4. The van der Waals surface area contributed by atoms with Crippen molar-refractivity contribution in [2.75, 3.05) is 5.73 Å². The molecule has 1 heterocycles. The number of carbonyl (C=O) groups excluding carboxylic acids is 1. The summed E-state index contributed by atoms with van der Waals surface area (Å²) in [7, 11) is 1.76. The number of rotatable bonds is 3. The summed E-state index contributed by atoms with van der Waals surface area (Å²) >= 11 is 0. The van der Waals surface area contributed by atoms with Gasteiger partial charge < -0.3 is 15.6 Å². The first-order valence-corrected chi connectivity index (χ1v) is 5.24. The zero-order valence-electron chi connectivity index (χ0n) is 9.72. The minimum absolute atomic E-state index is 0.108. The van der Waals surface area contributed by atoms with Crippen molar-refractivity contribution in [2.45, 2.75) is 6.54 Å². The van der Waals surface area contributed by atoms with Gasteiger partial charge in [-0.25, -0.2) is 4.39 Å². The second-order valence-electron chi connectivity index (χ2n) is 3.74. The number of benzene rings is 1. The Morgan fingerprint density at radius 2 is 2.33 bits per heavy atom. The zero-order valence-corrected chi connectivity index (χ0v) is 9.72. The van der Waals surface area contributed by atoms with Gasteiger partial charge in [-0.05, 0) is 12.1 Å². The molecule has 1 aromatic heterocycles. The lowest BCUT2D eigenvalue weighted by Gasteiger charge is -2.07. The number of nitrogens with two attached hydrogens (primary N) is 1. The molecule has 0 unspecified atom stereocenters. The number of aryl methyl sites for hydroxylation is 1. The summed E-state index contributed by atoms with van der Waals surface area (Å²) in [5.74, 6) is -0.463. The molecule has 2 aromatic rings. The molecule has 1 aromatic carbocycles. The average molecular weight is 249 g/mol. The van der Waals surface area contributed by atoms with Crippen LogP contribution in [0.1, 0.15) is 16.2 Å². The largest absolute Gasteiger partial charge is 0.396 e. The smallest absolute Gasteiger partial charge is 0.253 e. The average Bonchev–Trinajstić information content (AvgIpc) is 2.75. The predicted octanol–water partition coefficient (Wildman–Crippen LogP) is 0.466. The molecule has 2 rings (SSSR count). The summed E-state index contributed by atoms with van der Waals surface area (Å²) in [5.41, 5.74) is 5.44. The molecule has 0 saturated carbocycles. The molecule has 0 spiro atoms. The van der Waals surface area contributed by atoms with Crippen LogP contribution in [0, 0.1) is 5.82 Å². The lowest BCUT2D eigenvalue weighted by Crippen LogP contribution is -2.25. The van der Waals surface area contributed by atoms with Crippen molar-refractivity contribution in [1.29, 1.82) is 0 Å². The van der Waals surface area contributed by atoms with E-state index in [0.717, 1.165) is 0 Å². The number of aromatic nitrogens is 3. The third-order valence-electron chi connectivity index (χ3n) is 2.51. The van der Waals surface area contributed by atoms with E-state index in [1.165, 1.54) is 24.5 Å². The lowest BCUT2D eigenvalue weighted by atomic mass is 10.1. The molecular formula is C11H12FN5O. The van der Waals surface area contributed by atoms with Crippen LogP contribution in [0.5, 0.6) is 0 Å². The Labute approximate surface area is 103 Å². The molecule has 94 valence electrons. The maximum Gasteiger partial charge on any atom is 0.253 e. The van der Waals surface area contributed by atoms with Gasteiger partial charge in [0.25, 0.3) is 5.91 Å². The van der Waals surface area contributed by atoms with Gasteiger partial charge in [-0.15, -0.1) is 10.2 Å². The van der Waals surface area contributed by atoms with Crippen molar-refractivity contribution in [3.8, 4) is 0 Å². The lowest BCUT2D eigenvalue weighted by molar-refractivity contribution is 0.0950. The van der Waals surface area contributed by atoms with Crippen LogP contribution in [0.25, 0.3) is 0 Å². The number of nitrogens with one attached hydrogen (secondary N) is 1. The minimum atomic E-state index is -0.610. The first-order valence-electron chi connectivity index (χ1n) is 5.24. The van der Waals surface area contributed by atoms with E-state index in [4.69, 9.17) is 5.73 Å². The number of nitrogen functional groups attached to an aromatic ring is 1. The minimum Gasteiger partial charge on any atom is -0.396 e. The van der Waals surface area contributed by atoms with Gasteiger partial charge in [0.1, 0.15) is 12.1 Å². The van der Waals surface area contributed by atoms with Crippen LogP contribution < -0.4 is 11.1 Å². The molecule has 0 radical (unpaired) electrons. The molecule has 3 N–H and O–H groups in total. The van der Waals surface area contributed by atoms with Crippen LogP contribution in [-0.2, 0) is 13.6 Å². The quantitative estimate of drug-likeness (QED) is 0.774. The van der Waals surface area contributed by atoms with Crippen LogP contribution in [0.3, 0.4) is 0 Å². The number of amides is 1. The van der Waals surface area contributed by atoms with Gasteiger partial charge in [-0.3, -0.25) is 4.79 Å². The summed E-state index contributed by atoms with van der Waals surface area (Å²) in [6, 6.07) is 4.10. The van der Waals surface area contributed by atoms with Crippen LogP contribution in [0.15, 0.2) is 24.5 Å². The first kappa shape index (κ1) is 12.0. The standard InChI is InChI=1S/C11H12FN5O/c1-17-6-15-16-9(17)5-14-11(18)7-3-2-4-8(12)10(7)13/h2-4,6H,5,13H2,1H3,(H,14,18). The molecule has 7 heteroatoms. The number of nitrogens with zero attached hydrogens (tertiary/aromatic N) is 3. The Kier molecular flexibility index (Phi) is 3.22. The highest BCUT2D eigenvalue weighted by atomic mass is 19.1. The highest BCUT2D eigenvalue weighted by molar-refractivity contribution is 5.99. The van der Waals surface area contributed by atoms with E-state index in [2.05, 4.69) is 15.5 Å². The van der Waals surface area contributed by atoms with E-state index in [1.54, 1.807) is 11.6 Å². The Morgan fingerprint density at radius 3 is 3.00 bits per heavy atom. The number of carbonyl (C=O) groups is 1. The molecule has 1 amide bonds. The highest BCUT2D eigenvalue weighted by Gasteiger charge is 2.12.